The van der Waals surface area contributed by atoms with Crippen LogP contribution in [0, 0.1) is 5.82 Å². The van der Waals surface area contributed by atoms with E-state index in [2.05, 4.69) is 4.98 Å². The third-order valence-electron chi connectivity index (χ3n) is 3.87. The van der Waals surface area contributed by atoms with Crippen LogP contribution < -0.4 is 0 Å². The number of rotatable bonds is 2. The van der Waals surface area contributed by atoms with Crippen LogP contribution in [0.1, 0.15) is 32.1 Å². The molecule has 3 aromatic rings. The molecule has 0 radical (unpaired) electrons. The number of carbonyl (C=O) groups excluding carboxylic acids is 1. The largest absolute Gasteiger partial charge is 0.360 e. The van der Waals surface area contributed by atoms with Crippen molar-refractivity contribution in [2.45, 2.75) is 19.3 Å². The zero-order valence-corrected chi connectivity index (χ0v) is 11.5. The van der Waals surface area contributed by atoms with Gasteiger partial charge in [-0.15, -0.1) is 11.3 Å². The first-order valence-corrected chi connectivity index (χ1v) is 7.47. The second-order valence-electron chi connectivity index (χ2n) is 5.11. The Balaban J connectivity index is 1.84. The lowest BCUT2D eigenvalue weighted by Crippen LogP contribution is -1.98. The van der Waals surface area contributed by atoms with Gasteiger partial charge >= 0.3 is 0 Å². The molecular weight excluding hydrogens is 273 g/mol. The minimum atomic E-state index is -0.351. The van der Waals surface area contributed by atoms with Crippen LogP contribution in [0.25, 0.3) is 10.9 Å². The maximum Gasteiger partial charge on any atom is 0.205 e. The smallest absolute Gasteiger partial charge is 0.205 e. The van der Waals surface area contributed by atoms with Crippen molar-refractivity contribution in [1.82, 2.24) is 4.98 Å². The molecule has 1 aromatic carbocycles. The molecule has 0 amide bonds. The number of aryl methyl sites for hydroxylation is 2. The second-order valence-corrected chi connectivity index (χ2v) is 6.24. The van der Waals surface area contributed by atoms with E-state index in [4.69, 9.17) is 0 Å². The van der Waals surface area contributed by atoms with Gasteiger partial charge in [0, 0.05) is 22.0 Å². The summed E-state index contributed by atoms with van der Waals surface area (Å²) in [5.74, 6) is -0.433. The summed E-state index contributed by atoms with van der Waals surface area (Å²) in [4.78, 5) is 17.6. The molecule has 0 spiro atoms. The van der Waals surface area contributed by atoms with E-state index in [0.29, 0.717) is 16.5 Å². The van der Waals surface area contributed by atoms with Crippen LogP contribution in [-0.4, -0.2) is 10.8 Å². The first-order valence-electron chi connectivity index (χ1n) is 6.66. The molecule has 1 aliphatic carbocycles. The van der Waals surface area contributed by atoms with Crippen LogP contribution in [0.15, 0.2) is 30.5 Å². The normalized spacial score (nSPS) is 13.8. The van der Waals surface area contributed by atoms with Crippen molar-refractivity contribution in [3.63, 3.8) is 0 Å². The summed E-state index contributed by atoms with van der Waals surface area (Å²) in [6.45, 7) is 0. The molecule has 0 fully saturated rings. The number of nitrogens with one attached hydrogen (secondary N) is 1. The number of halogens is 1. The van der Waals surface area contributed by atoms with Gasteiger partial charge < -0.3 is 4.98 Å². The van der Waals surface area contributed by atoms with E-state index in [1.807, 2.05) is 6.07 Å². The number of hydrogen-bond donors (Lipinski definition) is 1. The molecule has 0 unspecified atom stereocenters. The first kappa shape index (κ1) is 11.9. The summed E-state index contributed by atoms with van der Waals surface area (Å²) in [5, 5.41) is 0.394. The number of fused-ring (bicyclic) bond motifs is 2. The lowest BCUT2D eigenvalue weighted by molar-refractivity contribution is 0.104. The second kappa shape index (κ2) is 4.28. The highest BCUT2D eigenvalue weighted by Crippen LogP contribution is 2.33. The molecule has 2 heterocycles. The summed E-state index contributed by atoms with van der Waals surface area (Å²) in [6.07, 6.45) is 4.91. The topological polar surface area (TPSA) is 32.9 Å². The fraction of sp³-hybridized carbons (Fsp3) is 0.188. The molecule has 0 saturated heterocycles. The number of carbonyl (C=O) groups is 1. The highest BCUT2D eigenvalue weighted by atomic mass is 32.1. The molecular formula is C16H12FNOS. The van der Waals surface area contributed by atoms with Crippen LogP contribution in [-0.2, 0) is 12.8 Å². The predicted octanol–water partition coefficient (Wildman–Crippen LogP) is 4.09. The van der Waals surface area contributed by atoms with Crippen molar-refractivity contribution in [3.8, 4) is 0 Å². The molecule has 0 atom stereocenters. The Hall–Kier alpha value is -1.94. The number of H-pyrrole nitrogens is 1. The van der Waals surface area contributed by atoms with Crippen molar-refractivity contribution in [3.05, 3.63) is 57.2 Å². The van der Waals surface area contributed by atoms with E-state index < -0.39 is 0 Å². The Labute approximate surface area is 119 Å². The summed E-state index contributed by atoms with van der Waals surface area (Å²) >= 11 is 1.56. The maximum atomic E-state index is 13.9. The van der Waals surface area contributed by atoms with Crippen molar-refractivity contribution < 1.29 is 9.18 Å². The minimum absolute atomic E-state index is 0.0826. The van der Waals surface area contributed by atoms with Crippen molar-refractivity contribution in [2.75, 3.05) is 0 Å². The first-order chi connectivity index (χ1) is 9.74. The molecule has 0 aliphatic heterocycles. The molecule has 4 rings (SSSR count). The number of benzene rings is 1. The van der Waals surface area contributed by atoms with Gasteiger partial charge in [-0.05, 0) is 43.0 Å². The van der Waals surface area contributed by atoms with Crippen LogP contribution in [0.3, 0.4) is 0 Å². The third-order valence-corrected chi connectivity index (χ3v) is 5.11. The van der Waals surface area contributed by atoms with Gasteiger partial charge in [-0.3, -0.25) is 4.79 Å². The van der Waals surface area contributed by atoms with Gasteiger partial charge in [0.15, 0.2) is 0 Å². The average molecular weight is 285 g/mol. The number of aromatic amines is 1. The molecule has 4 heteroatoms. The molecule has 0 saturated carbocycles. The van der Waals surface area contributed by atoms with Gasteiger partial charge in [-0.2, -0.15) is 0 Å². The lowest BCUT2D eigenvalue weighted by atomic mass is 10.1. The highest BCUT2D eigenvalue weighted by Gasteiger charge is 2.22. The van der Waals surface area contributed by atoms with Crippen LogP contribution in [0.5, 0.6) is 0 Å². The van der Waals surface area contributed by atoms with E-state index >= 15 is 0 Å². The Bertz CT molecular complexity index is 809. The van der Waals surface area contributed by atoms with Gasteiger partial charge in [0.05, 0.1) is 10.4 Å². The predicted molar refractivity (Wildman–Crippen MR) is 78.0 cm³/mol. The van der Waals surface area contributed by atoms with E-state index in [9.17, 15) is 9.18 Å². The Morgan fingerprint density at radius 2 is 2.20 bits per heavy atom. The van der Waals surface area contributed by atoms with Gasteiger partial charge in [-0.1, -0.05) is 6.07 Å². The third kappa shape index (κ3) is 1.64. The van der Waals surface area contributed by atoms with Gasteiger partial charge in [0.1, 0.15) is 5.82 Å². The molecule has 2 nitrogen and oxygen atoms in total. The molecule has 100 valence electrons. The van der Waals surface area contributed by atoms with Gasteiger partial charge in [0.25, 0.3) is 0 Å². The van der Waals surface area contributed by atoms with Crippen molar-refractivity contribution in [2.24, 2.45) is 0 Å². The average Bonchev–Trinajstić information content (AvgIpc) is 3.11. The molecule has 20 heavy (non-hydrogen) atoms. The number of hydrogen-bond acceptors (Lipinski definition) is 2. The number of ketones is 1. The number of thiophene rings is 1. The van der Waals surface area contributed by atoms with E-state index in [0.717, 1.165) is 17.7 Å². The van der Waals surface area contributed by atoms with Crippen LogP contribution in [0.4, 0.5) is 4.39 Å². The SMILES string of the molecule is O=C(c1cc2c(s1)CCC2)c1c[nH]c2cccc(F)c12. The monoisotopic (exact) mass is 285 g/mol. The standard InChI is InChI=1S/C16H12FNOS/c17-11-4-2-5-12-15(11)10(8-18-12)16(19)14-7-9-3-1-6-13(9)20-14/h2,4-5,7-8,18H,1,3,6H2. The summed E-state index contributed by atoms with van der Waals surface area (Å²) in [7, 11) is 0. The van der Waals surface area contributed by atoms with E-state index in [1.165, 1.54) is 22.9 Å². The highest BCUT2D eigenvalue weighted by molar-refractivity contribution is 7.14. The summed E-state index contributed by atoms with van der Waals surface area (Å²) in [5.41, 5.74) is 2.38. The van der Waals surface area contributed by atoms with E-state index in [1.54, 1.807) is 29.7 Å². The molecule has 1 aliphatic rings. The zero-order chi connectivity index (χ0) is 13.7. The Morgan fingerprint density at radius 3 is 3.05 bits per heavy atom. The van der Waals surface area contributed by atoms with Crippen LogP contribution in [0.2, 0.25) is 0 Å². The van der Waals surface area contributed by atoms with Crippen molar-refractivity contribution >= 4 is 28.0 Å². The summed E-state index contributed by atoms with van der Waals surface area (Å²) in [6, 6.07) is 6.79. The van der Waals surface area contributed by atoms with Gasteiger partial charge in [0.2, 0.25) is 5.78 Å². The van der Waals surface area contributed by atoms with Crippen LogP contribution >= 0.6 is 11.3 Å². The fourth-order valence-corrected chi connectivity index (χ4v) is 4.10. The van der Waals surface area contributed by atoms with Gasteiger partial charge in [-0.25, -0.2) is 4.39 Å². The minimum Gasteiger partial charge on any atom is -0.360 e. The summed E-state index contributed by atoms with van der Waals surface area (Å²) < 4.78 is 13.9. The lowest BCUT2D eigenvalue weighted by Gasteiger charge is -1.98. The maximum absolute atomic E-state index is 13.9. The Kier molecular flexibility index (Phi) is 2.54. The molecule has 1 N–H and O–H groups in total. The Morgan fingerprint density at radius 1 is 1.30 bits per heavy atom. The zero-order valence-electron chi connectivity index (χ0n) is 10.7. The fourth-order valence-electron chi connectivity index (χ4n) is 2.89. The number of aromatic nitrogens is 1. The molecule has 0 bridgehead atoms. The quantitative estimate of drug-likeness (QED) is 0.707. The van der Waals surface area contributed by atoms with Crippen molar-refractivity contribution in [1.29, 1.82) is 0 Å². The van der Waals surface area contributed by atoms with E-state index in [-0.39, 0.29) is 11.6 Å². The molecule has 2 aromatic heterocycles.